The number of nitrogens with one attached hydrogen (secondary N) is 1. The number of hydrogen-bond donors (Lipinski definition) is 2. The minimum Gasteiger partial charge on any atom is -0.378 e. The molecule has 0 fully saturated rings. The van der Waals surface area contributed by atoms with Crippen molar-refractivity contribution in [3.8, 4) is 0 Å². The average molecular weight is 253 g/mol. The third kappa shape index (κ3) is 2.87. The smallest absolute Gasteiger partial charge is 0.149 e. The summed E-state index contributed by atoms with van der Waals surface area (Å²) in [5.74, 6) is 0.817. The van der Waals surface area contributed by atoms with Crippen molar-refractivity contribution in [2.75, 3.05) is 31.6 Å². The van der Waals surface area contributed by atoms with E-state index in [1.165, 1.54) is 11.5 Å². The molecule has 0 spiro atoms. The number of nitrogens with two attached hydrogens (primary N) is 1. The molecule has 2 rings (SSSR count). The van der Waals surface area contributed by atoms with Crippen LogP contribution in [0.5, 0.6) is 0 Å². The summed E-state index contributed by atoms with van der Waals surface area (Å²) in [4.78, 5) is 9.30. The van der Waals surface area contributed by atoms with Gasteiger partial charge in [0.25, 0.3) is 0 Å². The van der Waals surface area contributed by atoms with Gasteiger partial charge in [0.2, 0.25) is 0 Å². The standard InChI is InChI=1S/C10H15N5OS/c1-7-8-9(12-3-5-16-4-2-11)13-6-14-10(8)17-15-7/h6H,2-5,11H2,1H3,(H,12,13,14). The normalized spacial score (nSPS) is 10.9. The van der Waals surface area contributed by atoms with Crippen LogP contribution in [0.2, 0.25) is 0 Å². The first-order valence-corrected chi connectivity index (χ1v) is 6.19. The Labute approximate surface area is 103 Å². The molecule has 2 heterocycles. The number of hydrogen-bond acceptors (Lipinski definition) is 7. The van der Waals surface area contributed by atoms with Crippen molar-refractivity contribution < 1.29 is 4.74 Å². The van der Waals surface area contributed by atoms with E-state index in [1.54, 1.807) is 6.33 Å². The predicted molar refractivity (Wildman–Crippen MR) is 68.3 cm³/mol. The Balaban J connectivity index is 2.00. The second kappa shape index (κ2) is 5.85. The van der Waals surface area contributed by atoms with Gasteiger partial charge in [0.1, 0.15) is 17.0 Å². The molecule has 6 nitrogen and oxygen atoms in total. The van der Waals surface area contributed by atoms with E-state index in [9.17, 15) is 0 Å². The van der Waals surface area contributed by atoms with Gasteiger partial charge in [0.05, 0.1) is 24.3 Å². The summed E-state index contributed by atoms with van der Waals surface area (Å²) < 4.78 is 9.55. The second-order valence-electron chi connectivity index (χ2n) is 3.50. The van der Waals surface area contributed by atoms with Gasteiger partial charge in [-0.25, -0.2) is 9.97 Å². The van der Waals surface area contributed by atoms with Crippen molar-refractivity contribution in [1.82, 2.24) is 14.3 Å². The average Bonchev–Trinajstić information content (AvgIpc) is 2.72. The summed E-state index contributed by atoms with van der Waals surface area (Å²) in [6, 6.07) is 0. The highest BCUT2D eigenvalue weighted by Crippen LogP contribution is 2.25. The monoisotopic (exact) mass is 253 g/mol. The lowest BCUT2D eigenvalue weighted by Gasteiger charge is -2.06. The van der Waals surface area contributed by atoms with Gasteiger partial charge in [-0.05, 0) is 18.5 Å². The largest absolute Gasteiger partial charge is 0.378 e. The molecule has 92 valence electrons. The summed E-state index contributed by atoms with van der Waals surface area (Å²) in [7, 11) is 0. The molecule has 0 aromatic carbocycles. The van der Waals surface area contributed by atoms with Crippen LogP contribution in [0.4, 0.5) is 5.82 Å². The Kier molecular flexibility index (Phi) is 4.18. The molecule has 0 aliphatic heterocycles. The van der Waals surface area contributed by atoms with E-state index in [4.69, 9.17) is 10.5 Å². The summed E-state index contributed by atoms with van der Waals surface area (Å²) in [6.45, 7) is 4.39. The fourth-order valence-electron chi connectivity index (χ4n) is 1.48. The lowest BCUT2D eigenvalue weighted by atomic mass is 10.3. The van der Waals surface area contributed by atoms with Crippen LogP contribution >= 0.6 is 11.5 Å². The Morgan fingerprint density at radius 3 is 3.12 bits per heavy atom. The highest BCUT2D eigenvalue weighted by atomic mass is 32.1. The Bertz CT molecular complexity index is 487. The molecule has 17 heavy (non-hydrogen) atoms. The zero-order chi connectivity index (χ0) is 12.1. The predicted octanol–water partition coefficient (Wildman–Crippen LogP) is 0.782. The minimum atomic E-state index is 0.547. The van der Waals surface area contributed by atoms with E-state index >= 15 is 0 Å². The number of ether oxygens (including phenoxy) is 1. The Hall–Kier alpha value is -1.31. The van der Waals surface area contributed by atoms with E-state index in [0.29, 0.717) is 26.3 Å². The minimum absolute atomic E-state index is 0.547. The first-order chi connectivity index (χ1) is 8.33. The number of aryl methyl sites for hydroxylation is 1. The molecule has 0 bridgehead atoms. The van der Waals surface area contributed by atoms with Crippen molar-refractivity contribution in [2.45, 2.75) is 6.92 Å². The van der Waals surface area contributed by atoms with Gasteiger partial charge in [0.15, 0.2) is 0 Å². The van der Waals surface area contributed by atoms with E-state index in [-0.39, 0.29) is 0 Å². The molecule has 0 atom stereocenters. The van der Waals surface area contributed by atoms with E-state index in [0.717, 1.165) is 21.7 Å². The highest BCUT2D eigenvalue weighted by Gasteiger charge is 2.09. The lowest BCUT2D eigenvalue weighted by molar-refractivity contribution is 0.151. The van der Waals surface area contributed by atoms with Crippen molar-refractivity contribution in [3.05, 3.63) is 12.0 Å². The SMILES string of the molecule is Cc1nsc2ncnc(NCCOCCN)c12. The van der Waals surface area contributed by atoms with Crippen LogP contribution in [-0.2, 0) is 4.74 Å². The maximum Gasteiger partial charge on any atom is 0.149 e. The van der Waals surface area contributed by atoms with E-state index < -0.39 is 0 Å². The first kappa shape index (κ1) is 12.2. The van der Waals surface area contributed by atoms with Crippen LogP contribution in [0.15, 0.2) is 6.33 Å². The van der Waals surface area contributed by atoms with Crippen molar-refractivity contribution in [3.63, 3.8) is 0 Å². The Morgan fingerprint density at radius 2 is 2.29 bits per heavy atom. The van der Waals surface area contributed by atoms with Gasteiger partial charge in [-0.2, -0.15) is 4.37 Å². The van der Waals surface area contributed by atoms with Crippen LogP contribution in [-0.4, -0.2) is 40.6 Å². The van der Waals surface area contributed by atoms with E-state index in [2.05, 4.69) is 19.7 Å². The van der Waals surface area contributed by atoms with Crippen LogP contribution in [0.3, 0.4) is 0 Å². The molecule has 2 aromatic heterocycles. The quantitative estimate of drug-likeness (QED) is 0.740. The molecule has 0 unspecified atom stereocenters. The molecule has 0 aliphatic rings. The summed E-state index contributed by atoms with van der Waals surface area (Å²) >= 11 is 1.39. The van der Waals surface area contributed by atoms with Gasteiger partial charge >= 0.3 is 0 Å². The maximum absolute atomic E-state index is 5.33. The lowest BCUT2D eigenvalue weighted by Crippen LogP contribution is -2.15. The molecular formula is C10H15N5OS. The van der Waals surface area contributed by atoms with Gasteiger partial charge in [-0.15, -0.1) is 0 Å². The zero-order valence-corrected chi connectivity index (χ0v) is 10.5. The molecule has 7 heteroatoms. The second-order valence-corrected chi connectivity index (χ2v) is 4.25. The fourth-order valence-corrected chi connectivity index (χ4v) is 2.23. The van der Waals surface area contributed by atoms with Crippen molar-refractivity contribution in [2.24, 2.45) is 5.73 Å². The first-order valence-electron chi connectivity index (χ1n) is 5.41. The van der Waals surface area contributed by atoms with Crippen LogP contribution < -0.4 is 11.1 Å². The Morgan fingerprint density at radius 1 is 1.41 bits per heavy atom. The number of fused-ring (bicyclic) bond motifs is 1. The number of nitrogens with zero attached hydrogens (tertiary/aromatic N) is 3. The third-order valence-electron chi connectivity index (χ3n) is 2.24. The number of anilines is 1. The molecule has 0 saturated heterocycles. The van der Waals surface area contributed by atoms with Crippen molar-refractivity contribution in [1.29, 1.82) is 0 Å². The molecule has 3 N–H and O–H groups in total. The van der Waals surface area contributed by atoms with Gasteiger partial charge in [0, 0.05) is 13.1 Å². The number of rotatable bonds is 6. The number of aromatic nitrogens is 3. The molecule has 0 saturated carbocycles. The molecule has 2 aromatic rings. The van der Waals surface area contributed by atoms with Crippen LogP contribution in [0.1, 0.15) is 5.69 Å². The zero-order valence-electron chi connectivity index (χ0n) is 9.64. The molecule has 0 aliphatic carbocycles. The van der Waals surface area contributed by atoms with Crippen molar-refractivity contribution >= 4 is 27.6 Å². The summed E-state index contributed by atoms with van der Waals surface area (Å²) in [5.41, 5.74) is 6.28. The highest BCUT2D eigenvalue weighted by molar-refractivity contribution is 7.13. The molecule has 0 amide bonds. The van der Waals surface area contributed by atoms with Gasteiger partial charge < -0.3 is 15.8 Å². The summed E-state index contributed by atoms with van der Waals surface area (Å²) in [6.07, 6.45) is 1.54. The third-order valence-corrected chi connectivity index (χ3v) is 3.09. The fraction of sp³-hybridized carbons (Fsp3) is 0.500. The van der Waals surface area contributed by atoms with Crippen LogP contribution in [0.25, 0.3) is 10.2 Å². The maximum atomic E-state index is 5.33. The summed E-state index contributed by atoms with van der Waals surface area (Å²) in [5, 5.41) is 4.22. The topological polar surface area (TPSA) is 86.0 Å². The molecule has 0 radical (unpaired) electrons. The van der Waals surface area contributed by atoms with Crippen LogP contribution in [0, 0.1) is 6.92 Å². The van der Waals surface area contributed by atoms with Gasteiger partial charge in [-0.3, -0.25) is 0 Å². The van der Waals surface area contributed by atoms with Gasteiger partial charge in [-0.1, -0.05) is 0 Å². The van der Waals surface area contributed by atoms with E-state index in [1.807, 2.05) is 6.92 Å². The molecular weight excluding hydrogens is 238 g/mol.